The van der Waals surface area contributed by atoms with Crippen molar-refractivity contribution in [3.8, 4) is 0 Å². The molecule has 156 valence electrons. The van der Waals surface area contributed by atoms with Crippen LogP contribution in [0.3, 0.4) is 0 Å². The van der Waals surface area contributed by atoms with Gasteiger partial charge in [0.25, 0.3) is 0 Å². The quantitative estimate of drug-likeness (QED) is 0.585. The molecule has 0 fully saturated rings. The van der Waals surface area contributed by atoms with E-state index in [9.17, 15) is 9.59 Å². The Balaban J connectivity index is 2.03. The molecule has 2 amide bonds. The Morgan fingerprint density at radius 1 is 1.07 bits per heavy atom. The van der Waals surface area contributed by atoms with E-state index >= 15 is 0 Å². The lowest BCUT2D eigenvalue weighted by Gasteiger charge is -2.28. The van der Waals surface area contributed by atoms with Crippen LogP contribution in [0.15, 0.2) is 48.5 Å². The Hall–Kier alpha value is -1.98. The fraction of sp³-hybridized carbons (Fsp3) is 0.391. The molecule has 2 rings (SSSR count). The molecular formula is C23H29ClN2O2S. The average molecular weight is 433 g/mol. The van der Waals surface area contributed by atoms with Crippen LogP contribution in [-0.2, 0) is 21.9 Å². The molecule has 2 aromatic rings. The van der Waals surface area contributed by atoms with Gasteiger partial charge in [0.05, 0.1) is 5.75 Å². The molecule has 0 bridgehead atoms. The van der Waals surface area contributed by atoms with E-state index in [0.717, 1.165) is 23.3 Å². The summed E-state index contributed by atoms with van der Waals surface area (Å²) in [4.78, 5) is 27.1. The summed E-state index contributed by atoms with van der Waals surface area (Å²) in [6.45, 7) is 6.86. The maximum Gasteiger partial charge on any atom is 0.242 e. The van der Waals surface area contributed by atoms with Gasteiger partial charge in [-0.1, -0.05) is 60.5 Å². The van der Waals surface area contributed by atoms with Crippen LogP contribution in [0, 0.1) is 6.92 Å². The Kier molecular flexibility index (Phi) is 9.55. The zero-order chi connectivity index (χ0) is 21.2. The Morgan fingerprint density at radius 2 is 1.69 bits per heavy atom. The second-order valence-corrected chi connectivity index (χ2v) is 8.52. The minimum atomic E-state index is -0.522. The van der Waals surface area contributed by atoms with Gasteiger partial charge in [-0.15, -0.1) is 11.8 Å². The highest BCUT2D eigenvalue weighted by atomic mass is 35.5. The Bertz CT molecular complexity index is 794. The summed E-state index contributed by atoms with van der Waals surface area (Å²) in [6.07, 6.45) is 0.862. The van der Waals surface area contributed by atoms with Crippen LogP contribution in [0.4, 0.5) is 0 Å². The minimum absolute atomic E-state index is 0.0383. The third kappa shape index (κ3) is 7.75. The van der Waals surface area contributed by atoms with E-state index in [-0.39, 0.29) is 11.8 Å². The number of amides is 2. The van der Waals surface area contributed by atoms with Gasteiger partial charge in [-0.05, 0) is 43.5 Å². The number of carbonyl (C=O) groups excluding carboxylic acids is 2. The summed E-state index contributed by atoms with van der Waals surface area (Å²) < 4.78 is 0. The van der Waals surface area contributed by atoms with Crippen LogP contribution < -0.4 is 5.32 Å². The maximum absolute atomic E-state index is 13.0. The van der Waals surface area contributed by atoms with Crippen LogP contribution in [0.25, 0.3) is 0 Å². The van der Waals surface area contributed by atoms with Gasteiger partial charge in [0.2, 0.25) is 11.8 Å². The van der Waals surface area contributed by atoms with E-state index in [1.807, 2.05) is 62.4 Å². The molecule has 1 unspecified atom stereocenters. The first-order chi connectivity index (χ1) is 13.9. The Morgan fingerprint density at radius 3 is 2.31 bits per heavy atom. The summed E-state index contributed by atoms with van der Waals surface area (Å²) in [6, 6.07) is 15.2. The molecule has 0 spiro atoms. The van der Waals surface area contributed by atoms with E-state index in [0.29, 0.717) is 23.9 Å². The molecule has 1 N–H and O–H groups in total. The third-order valence-corrected chi connectivity index (χ3v) is 5.84. The highest BCUT2D eigenvalue weighted by Gasteiger charge is 2.25. The fourth-order valence-electron chi connectivity index (χ4n) is 2.79. The molecule has 4 nitrogen and oxygen atoms in total. The first-order valence-corrected chi connectivity index (χ1v) is 11.4. The number of thioether (sulfide) groups is 1. The lowest BCUT2D eigenvalue weighted by atomic mass is 10.1. The molecule has 6 heteroatoms. The summed E-state index contributed by atoms with van der Waals surface area (Å²) in [5, 5.41) is 3.60. The monoisotopic (exact) mass is 432 g/mol. The highest BCUT2D eigenvalue weighted by Crippen LogP contribution is 2.18. The first-order valence-electron chi connectivity index (χ1n) is 9.85. The van der Waals surface area contributed by atoms with Gasteiger partial charge < -0.3 is 10.2 Å². The fourth-order valence-corrected chi connectivity index (χ4v) is 3.79. The van der Waals surface area contributed by atoms with Gasteiger partial charge >= 0.3 is 0 Å². The van der Waals surface area contributed by atoms with Crippen molar-refractivity contribution >= 4 is 35.2 Å². The zero-order valence-corrected chi connectivity index (χ0v) is 18.9. The number of hydrogen-bond acceptors (Lipinski definition) is 3. The van der Waals surface area contributed by atoms with Crippen LogP contribution in [0.5, 0.6) is 0 Å². The van der Waals surface area contributed by atoms with Gasteiger partial charge in [-0.25, -0.2) is 0 Å². The maximum atomic E-state index is 13.0. The molecule has 0 aromatic heterocycles. The standard InChI is InChI=1S/C23H29ClN2O2S/c1-4-13-25-23(28)18(3)26(14-19-7-5-17(2)6-8-19)22(27)16-29-15-20-9-11-21(24)12-10-20/h5-12,18H,4,13-16H2,1-3H3,(H,25,28). The Labute approximate surface area is 183 Å². The van der Waals surface area contributed by atoms with E-state index in [4.69, 9.17) is 11.6 Å². The lowest BCUT2D eigenvalue weighted by molar-refractivity contribution is -0.138. The van der Waals surface area contributed by atoms with Gasteiger partial charge in [0, 0.05) is 23.9 Å². The molecule has 1 atom stereocenters. The van der Waals surface area contributed by atoms with Crippen LogP contribution in [0.2, 0.25) is 5.02 Å². The molecule has 0 saturated heterocycles. The van der Waals surface area contributed by atoms with Crippen molar-refractivity contribution in [1.82, 2.24) is 10.2 Å². The molecular weight excluding hydrogens is 404 g/mol. The first kappa shape index (κ1) is 23.3. The largest absolute Gasteiger partial charge is 0.354 e. The third-order valence-electron chi connectivity index (χ3n) is 4.60. The number of rotatable bonds is 10. The van der Waals surface area contributed by atoms with Crippen LogP contribution >= 0.6 is 23.4 Å². The van der Waals surface area contributed by atoms with Gasteiger partial charge in [0.15, 0.2) is 0 Å². The number of hydrogen-bond donors (Lipinski definition) is 1. The second-order valence-electron chi connectivity index (χ2n) is 7.09. The van der Waals surface area contributed by atoms with Crippen molar-refractivity contribution in [2.75, 3.05) is 12.3 Å². The number of halogens is 1. The lowest BCUT2D eigenvalue weighted by Crippen LogP contribution is -2.48. The van der Waals surface area contributed by atoms with Crippen molar-refractivity contribution in [2.24, 2.45) is 0 Å². The van der Waals surface area contributed by atoms with E-state index in [1.54, 1.807) is 23.6 Å². The number of aryl methyl sites for hydroxylation is 1. The summed E-state index contributed by atoms with van der Waals surface area (Å²) in [5.74, 6) is 0.885. The van der Waals surface area contributed by atoms with Crippen molar-refractivity contribution < 1.29 is 9.59 Å². The molecule has 0 aliphatic carbocycles. The van der Waals surface area contributed by atoms with Gasteiger partial charge in [0.1, 0.15) is 6.04 Å². The van der Waals surface area contributed by atoms with Crippen LogP contribution in [-0.4, -0.2) is 35.1 Å². The number of nitrogens with zero attached hydrogens (tertiary/aromatic N) is 1. The topological polar surface area (TPSA) is 49.4 Å². The molecule has 0 aliphatic heterocycles. The average Bonchev–Trinajstić information content (AvgIpc) is 2.72. The van der Waals surface area contributed by atoms with Gasteiger partial charge in [-0.2, -0.15) is 0 Å². The van der Waals surface area contributed by atoms with Crippen molar-refractivity contribution in [3.63, 3.8) is 0 Å². The molecule has 29 heavy (non-hydrogen) atoms. The summed E-state index contributed by atoms with van der Waals surface area (Å²) in [7, 11) is 0. The predicted octanol–water partition coefficient (Wildman–Crippen LogP) is 4.83. The second kappa shape index (κ2) is 11.9. The molecule has 2 aromatic carbocycles. The predicted molar refractivity (Wildman–Crippen MR) is 122 cm³/mol. The minimum Gasteiger partial charge on any atom is -0.354 e. The van der Waals surface area contributed by atoms with E-state index < -0.39 is 6.04 Å². The number of benzene rings is 2. The van der Waals surface area contributed by atoms with E-state index in [1.165, 1.54) is 5.56 Å². The number of carbonyl (C=O) groups is 2. The number of nitrogens with one attached hydrogen (secondary N) is 1. The summed E-state index contributed by atoms with van der Waals surface area (Å²) >= 11 is 7.46. The van der Waals surface area contributed by atoms with Crippen molar-refractivity contribution in [1.29, 1.82) is 0 Å². The van der Waals surface area contributed by atoms with Crippen LogP contribution in [0.1, 0.15) is 37.0 Å². The molecule has 0 heterocycles. The van der Waals surface area contributed by atoms with E-state index in [2.05, 4.69) is 5.32 Å². The zero-order valence-electron chi connectivity index (χ0n) is 17.3. The van der Waals surface area contributed by atoms with Gasteiger partial charge in [-0.3, -0.25) is 9.59 Å². The van der Waals surface area contributed by atoms with Crippen molar-refractivity contribution in [3.05, 3.63) is 70.2 Å². The smallest absolute Gasteiger partial charge is 0.242 e. The van der Waals surface area contributed by atoms with Crippen molar-refractivity contribution in [2.45, 2.75) is 45.5 Å². The molecule has 0 saturated carbocycles. The summed E-state index contributed by atoms with van der Waals surface area (Å²) in [5.41, 5.74) is 3.30. The molecule has 0 aliphatic rings. The highest BCUT2D eigenvalue weighted by molar-refractivity contribution is 7.99. The normalized spacial score (nSPS) is 11.7. The SMILES string of the molecule is CCCNC(=O)C(C)N(Cc1ccc(C)cc1)C(=O)CSCc1ccc(Cl)cc1. The molecule has 0 radical (unpaired) electrons.